The molecule has 2 fully saturated rings. The highest BCUT2D eigenvalue weighted by atomic mass is 35.5. The van der Waals surface area contributed by atoms with E-state index >= 15 is 0 Å². The highest BCUT2D eigenvalue weighted by Gasteiger charge is 2.28. The first-order valence-electron chi connectivity index (χ1n) is 15.7. The largest absolute Gasteiger partial charge is 0.461 e. The summed E-state index contributed by atoms with van der Waals surface area (Å²) in [7, 11) is 0. The summed E-state index contributed by atoms with van der Waals surface area (Å²) in [5.41, 5.74) is 5.97. The SMILES string of the molecule is O=CC(CO)C1CCC(Oc2nc3nc(-c4ccc(-c5ccc(-c6ncn(CCN7CCC7)n6)cc5)cc4)c(Cl)cc3[nH]2)CC1. The molecule has 3 aromatic heterocycles. The molecule has 11 heteroatoms. The van der Waals surface area contributed by atoms with Gasteiger partial charge in [-0.2, -0.15) is 10.1 Å². The van der Waals surface area contributed by atoms with E-state index in [-0.39, 0.29) is 24.5 Å². The van der Waals surface area contributed by atoms with Crippen LogP contribution >= 0.6 is 11.6 Å². The Bertz CT molecular complexity index is 1760. The molecule has 0 spiro atoms. The number of aliphatic hydroxyl groups is 1. The van der Waals surface area contributed by atoms with Crippen LogP contribution in [0.4, 0.5) is 0 Å². The van der Waals surface area contributed by atoms with Crippen LogP contribution in [0, 0.1) is 11.8 Å². The Morgan fingerprint density at radius 3 is 2.29 bits per heavy atom. The van der Waals surface area contributed by atoms with E-state index in [1.807, 2.05) is 29.2 Å². The minimum atomic E-state index is -0.292. The molecule has 2 N–H and O–H groups in total. The fourth-order valence-electron chi connectivity index (χ4n) is 6.27. The molecule has 0 bridgehead atoms. The normalized spacial score (nSPS) is 19.3. The van der Waals surface area contributed by atoms with Crippen LogP contribution in [0.5, 0.6) is 6.01 Å². The molecule has 7 rings (SSSR count). The summed E-state index contributed by atoms with van der Waals surface area (Å²) in [5.74, 6) is 0.649. The van der Waals surface area contributed by atoms with Crippen LogP contribution in [0.3, 0.4) is 0 Å². The van der Waals surface area contributed by atoms with E-state index in [1.54, 1.807) is 0 Å². The molecule has 1 aliphatic heterocycles. The van der Waals surface area contributed by atoms with Gasteiger partial charge < -0.3 is 24.5 Å². The number of hydrogen-bond donors (Lipinski definition) is 2. The summed E-state index contributed by atoms with van der Waals surface area (Å²) in [6.07, 6.45) is 7.26. The summed E-state index contributed by atoms with van der Waals surface area (Å²) in [6, 6.07) is 18.7. The van der Waals surface area contributed by atoms with Crippen molar-refractivity contribution >= 4 is 29.1 Å². The number of nitrogens with one attached hydrogen (secondary N) is 1. The zero-order chi connectivity index (χ0) is 30.8. The van der Waals surface area contributed by atoms with Crippen LogP contribution in [-0.4, -0.2) is 78.4 Å². The van der Waals surface area contributed by atoms with Crippen LogP contribution in [0.15, 0.2) is 60.9 Å². The highest BCUT2D eigenvalue weighted by molar-refractivity contribution is 6.33. The number of aliphatic hydroxyl groups excluding tert-OH is 1. The first-order valence-corrected chi connectivity index (χ1v) is 16.1. The Hall–Kier alpha value is -4.12. The number of imidazole rings is 1. The zero-order valence-electron chi connectivity index (χ0n) is 25.0. The van der Waals surface area contributed by atoms with Gasteiger partial charge in [0.1, 0.15) is 18.7 Å². The van der Waals surface area contributed by atoms with E-state index in [4.69, 9.17) is 21.3 Å². The minimum Gasteiger partial charge on any atom is -0.461 e. The smallest absolute Gasteiger partial charge is 0.296 e. The predicted molar refractivity (Wildman–Crippen MR) is 173 cm³/mol. The maximum atomic E-state index is 11.2. The van der Waals surface area contributed by atoms with Crippen molar-refractivity contribution in [2.24, 2.45) is 11.8 Å². The first-order chi connectivity index (χ1) is 22.1. The Balaban J connectivity index is 1.000. The molecule has 2 aliphatic rings. The number of pyridine rings is 1. The van der Waals surface area contributed by atoms with E-state index in [0.717, 1.165) is 73.1 Å². The van der Waals surface area contributed by atoms with Gasteiger partial charge >= 0.3 is 0 Å². The topological polar surface area (TPSA) is 122 Å². The standard InChI is InChI=1S/C34H36ClN7O3/c35-29-18-30-33(39-34(37-30)45-28-12-10-24(11-13-28)27(19-43)20-44)38-31(29)25-6-2-22(3-7-25)23-4-8-26(9-5-23)32-36-21-42(40-32)17-16-41-14-1-15-41/h2-9,18-19,21,24,27-28,44H,1,10-17,20H2,(H,37,38,39). The van der Waals surface area contributed by atoms with Gasteiger partial charge in [0.2, 0.25) is 0 Å². The first kappa shape index (κ1) is 29.6. The third kappa shape index (κ3) is 6.49. The number of carbonyl (C=O) groups is 1. The molecule has 10 nitrogen and oxygen atoms in total. The van der Waals surface area contributed by atoms with Gasteiger partial charge in [-0.25, -0.2) is 9.97 Å². The summed E-state index contributed by atoms with van der Waals surface area (Å²) in [6.45, 7) is 4.15. The third-order valence-corrected chi connectivity index (χ3v) is 9.45. The second-order valence-corrected chi connectivity index (χ2v) is 12.5. The number of hydrogen-bond acceptors (Lipinski definition) is 8. The maximum absolute atomic E-state index is 11.2. The molecule has 1 saturated carbocycles. The lowest BCUT2D eigenvalue weighted by atomic mass is 9.80. The minimum absolute atomic E-state index is 0.00194. The molecular weight excluding hydrogens is 590 g/mol. The number of H-pyrrole nitrogens is 1. The summed E-state index contributed by atoms with van der Waals surface area (Å²) >= 11 is 6.68. The number of halogens is 1. The number of carbonyl (C=O) groups excluding carboxylic acids is 1. The number of aldehydes is 1. The average molecular weight is 626 g/mol. The second kappa shape index (κ2) is 13.1. The number of rotatable bonds is 11. The van der Waals surface area contributed by atoms with Crippen molar-refractivity contribution in [3.8, 4) is 39.8 Å². The fourth-order valence-corrected chi connectivity index (χ4v) is 6.53. The molecule has 1 unspecified atom stereocenters. The number of likely N-dealkylation sites (tertiary alicyclic amines) is 1. The Kier molecular flexibility index (Phi) is 8.60. The van der Waals surface area contributed by atoms with Crippen LogP contribution in [0.25, 0.3) is 44.9 Å². The van der Waals surface area contributed by atoms with Crippen LogP contribution in [-0.2, 0) is 11.3 Å². The molecule has 2 aromatic carbocycles. The van der Waals surface area contributed by atoms with Crippen molar-refractivity contribution in [1.29, 1.82) is 0 Å². The molecule has 0 radical (unpaired) electrons. The quantitative estimate of drug-likeness (QED) is 0.181. The Morgan fingerprint density at radius 2 is 1.64 bits per heavy atom. The lowest BCUT2D eigenvalue weighted by Crippen LogP contribution is -2.39. The number of nitrogens with zero attached hydrogens (tertiary/aromatic N) is 6. The zero-order valence-corrected chi connectivity index (χ0v) is 25.7. The third-order valence-electron chi connectivity index (χ3n) is 9.16. The van der Waals surface area contributed by atoms with Gasteiger partial charge in [0.15, 0.2) is 11.5 Å². The van der Waals surface area contributed by atoms with Gasteiger partial charge in [0.05, 0.1) is 29.4 Å². The predicted octanol–water partition coefficient (Wildman–Crippen LogP) is 5.65. The second-order valence-electron chi connectivity index (χ2n) is 12.1. The molecule has 5 aromatic rings. The molecule has 0 amide bonds. The van der Waals surface area contributed by atoms with Gasteiger partial charge in [0.25, 0.3) is 6.01 Å². The number of fused-ring (bicyclic) bond motifs is 1. The molecule has 1 atom stereocenters. The fraction of sp³-hybridized carbons (Fsp3) is 0.382. The summed E-state index contributed by atoms with van der Waals surface area (Å²) in [4.78, 5) is 30.7. The van der Waals surface area contributed by atoms with Crippen molar-refractivity contribution in [1.82, 2.24) is 34.6 Å². The monoisotopic (exact) mass is 625 g/mol. The average Bonchev–Trinajstić information content (AvgIpc) is 3.68. The molecule has 232 valence electrons. The van der Waals surface area contributed by atoms with Gasteiger partial charge in [-0.05, 0) is 68.3 Å². The molecule has 45 heavy (non-hydrogen) atoms. The van der Waals surface area contributed by atoms with Gasteiger partial charge in [0, 0.05) is 23.6 Å². The lowest BCUT2D eigenvalue weighted by Gasteiger charge is -2.30. The molecule has 4 heterocycles. The number of aromatic amines is 1. The summed E-state index contributed by atoms with van der Waals surface area (Å²) in [5, 5.41) is 14.6. The van der Waals surface area contributed by atoms with E-state index in [0.29, 0.717) is 27.9 Å². The van der Waals surface area contributed by atoms with E-state index in [2.05, 4.69) is 61.3 Å². The number of aromatic nitrogens is 6. The van der Waals surface area contributed by atoms with Gasteiger partial charge in [-0.3, -0.25) is 4.68 Å². The number of ether oxygens (including phenoxy) is 1. The van der Waals surface area contributed by atoms with Gasteiger partial charge in [-0.1, -0.05) is 60.1 Å². The summed E-state index contributed by atoms with van der Waals surface area (Å²) < 4.78 is 8.06. The number of benzene rings is 2. The Labute approximate surface area is 266 Å². The van der Waals surface area contributed by atoms with Crippen LogP contribution < -0.4 is 4.74 Å². The van der Waals surface area contributed by atoms with E-state index in [9.17, 15) is 9.90 Å². The van der Waals surface area contributed by atoms with Crippen molar-refractivity contribution in [3.05, 3.63) is 65.9 Å². The molecular formula is C34H36ClN7O3. The highest BCUT2D eigenvalue weighted by Crippen LogP contribution is 2.34. The molecule has 1 saturated heterocycles. The van der Waals surface area contributed by atoms with Crippen molar-refractivity contribution in [2.45, 2.75) is 44.8 Å². The van der Waals surface area contributed by atoms with E-state index < -0.39 is 0 Å². The van der Waals surface area contributed by atoms with Crippen LogP contribution in [0.1, 0.15) is 32.1 Å². The van der Waals surface area contributed by atoms with Crippen molar-refractivity contribution < 1.29 is 14.6 Å². The Morgan fingerprint density at radius 1 is 0.956 bits per heavy atom. The lowest BCUT2D eigenvalue weighted by molar-refractivity contribution is -0.114. The van der Waals surface area contributed by atoms with Gasteiger partial charge in [-0.15, -0.1) is 0 Å². The molecule has 1 aliphatic carbocycles. The van der Waals surface area contributed by atoms with Crippen LogP contribution in [0.2, 0.25) is 5.02 Å². The van der Waals surface area contributed by atoms with Crippen molar-refractivity contribution in [2.75, 3.05) is 26.2 Å². The van der Waals surface area contributed by atoms with E-state index in [1.165, 1.54) is 19.5 Å². The van der Waals surface area contributed by atoms with Crippen molar-refractivity contribution in [3.63, 3.8) is 0 Å². The maximum Gasteiger partial charge on any atom is 0.296 e.